The zero-order valence-corrected chi connectivity index (χ0v) is 13.8. The molecule has 4 rings (SSSR count). The number of benzene rings is 2. The number of carboxylic acid groups (broad SMARTS) is 1. The number of halogens is 1. The summed E-state index contributed by atoms with van der Waals surface area (Å²) >= 11 is 5.91. The quantitative estimate of drug-likeness (QED) is 0.763. The number of fused-ring (bicyclic) bond motifs is 2. The highest BCUT2D eigenvalue weighted by Gasteiger charge is 2.21. The molecule has 0 saturated carbocycles. The maximum absolute atomic E-state index is 12.7. The lowest BCUT2D eigenvalue weighted by Crippen LogP contribution is -2.20. The zero-order valence-electron chi connectivity index (χ0n) is 13.1. The Kier molecular flexibility index (Phi) is 3.66. The van der Waals surface area contributed by atoms with E-state index in [0.29, 0.717) is 34.7 Å². The highest BCUT2D eigenvalue weighted by molar-refractivity contribution is 6.30. The van der Waals surface area contributed by atoms with Gasteiger partial charge in [-0.2, -0.15) is 0 Å². The van der Waals surface area contributed by atoms with Gasteiger partial charge in [-0.05, 0) is 54.0 Å². The Labute approximate surface area is 147 Å². The van der Waals surface area contributed by atoms with Crippen LogP contribution in [0, 0.1) is 0 Å². The van der Waals surface area contributed by atoms with Crippen LogP contribution in [-0.4, -0.2) is 20.6 Å². The first-order chi connectivity index (χ1) is 12.0. The molecule has 124 valence electrons. The monoisotopic (exact) mass is 352 g/mol. The van der Waals surface area contributed by atoms with E-state index in [1.807, 2.05) is 30.3 Å². The summed E-state index contributed by atoms with van der Waals surface area (Å²) in [6, 6.07) is 11.8. The first-order valence-corrected chi connectivity index (χ1v) is 8.15. The lowest BCUT2D eigenvalue weighted by molar-refractivity contribution is 0.0697. The van der Waals surface area contributed by atoms with Gasteiger partial charge in [0.1, 0.15) is 5.82 Å². The molecule has 0 bridgehead atoms. The minimum atomic E-state index is -1.04. The molecule has 0 saturated heterocycles. The average Bonchev–Trinajstić information content (AvgIpc) is 2.99. The predicted molar refractivity (Wildman–Crippen MR) is 96.9 cm³/mol. The molecular weight excluding hydrogens is 340 g/mol. The van der Waals surface area contributed by atoms with Crippen molar-refractivity contribution in [2.24, 2.45) is 0 Å². The molecule has 0 spiro atoms. The van der Waals surface area contributed by atoms with E-state index in [2.05, 4.69) is 4.98 Å². The highest BCUT2D eigenvalue weighted by atomic mass is 35.5. The van der Waals surface area contributed by atoms with Crippen LogP contribution in [0.2, 0.25) is 5.02 Å². The fraction of sp³-hybridized carbons (Fsp3) is 0.105. The van der Waals surface area contributed by atoms with Gasteiger partial charge in [0, 0.05) is 11.6 Å². The first kappa shape index (κ1) is 15.6. The molecule has 1 N–H and O–H groups in total. The largest absolute Gasteiger partial charge is 0.478 e. The van der Waals surface area contributed by atoms with Crippen molar-refractivity contribution in [3.05, 3.63) is 74.8 Å². The van der Waals surface area contributed by atoms with E-state index in [-0.39, 0.29) is 11.1 Å². The fourth-order valence-corrected chi connectivity index (χ4v) is 3.17. The van der Waals surface area contributed by atoms with Gasteiger partial charge in [0.05, 0.1) is 16.5 Å². The molecule has 1 aliphatic rings. The first-order valence-electron chi connectivity index (χ1n) is 7.77. The van der Waals surface area contributed by atoms with Gasteiger partial charge < -0.3 is 5.11 Å². The van der Waals surface area contributed by atoms with E-state index in [1.165, 1.54) is 18.2 Å². The van der Waals surface area contributed by atoms with Crippen molar-refractivity contribution in [3.8, 4) is 0 Å². The maximum atomic E-state index is 12.7. The summed E-state index contributed by atoms with van der Waals surface area (Å²) in [4.78, 5) is 28.4. The van der Waals surface area contributed by atoms with E-state index >= 15 is 0 Å². The predicted octanol–water partition coefficient (Wildman–Crippen LogP) is 3.69. The topological polar surface area (TPSA) is 72.2 Å². The zero-order chi connectivity index (χ0) is 17.6. The summed E-state index contributed by atoms with van der Waals surface area (Å²) in [6.45, 7) is 0.567. The fourth-order valence-electron chi connectivity index (χ4n) is 3.05. The minimum Gasteiger partial charge on any atom is -0.478 e. The number of carbonyl (C=O) groups is 1. The summed E-state index contributed by atoms with van der Waals surface area (Å²) in [5.74, 6) is -0.448. The Morgan fingerprint density at radius 1 is 1.20 bits per heavy atom. The number of carboxylic acids is 1. The molecule has 0 unspecified atom stereocenters. The molecule has 0 fully saturated rings. The normalized spacial score (nSPS) is 14.8. The third-order valence-corrected chi connectivity index (χ3v) is 4.56. The molecule has 0 radical (unpaired) electrons. The lowest BCUT2D eigenvalue weighted by atomic mass is 10.1. The summed E-state index contributed by atoms with van der Waals surface area (Å²) in [5, 5.41) is 10.2. The van der Waals surface area contributed by atoms with E-state index in [1.54, 1.807) is 4.57 Å². The number of hydrogen-bond acceptors (Lipinski definition) is 3. The van der Waals surface area contributed by atoms with Crippen LogP contribution in [-0.2, 0) is 6.54 Å². The van der Waals surface area contributed by atoms with Gasteiger partial charge in [0.15, 0.2) is 0 Å². The van der Waals surface area contributed by atoms with Gasteiger partial charge in [0.2, 0.25) is 0 Å². The number of hydrogen-bond donors (Lipinski definition) is 1. The van der Waals surface area contributed by atoms with Crippen LogP contribution >= 0.6 is 11.6 Å². The summed E-state index contributed by atoms with van der Waals surface area (Å²) in [6.07, 6.45) is 2.68. The smallest absolute Gasteiger partial charge is 0.335 e. The van der Waals surface area contributed by atoms with Crippen molar-refractivity contribution in [2.75, 3.05) is 0 Å². The standard InChI is InChI=1S/C19H13ClN2O3/c20-14-4-1-11(2-5-14)9-12-7-8-22-17(12)21-16-10-13(19(24)25)3-6-15(16)18(22)23/h1-6,9-10H,7-8H2,(H,24,25). The highest BCUT2D eigenvalue weighted by Crippen LogP contribution is 2.28. The Bertz CT molecular complexity index is 1100. The molecule has 3 aromatic rings. The SMILES string of the molecule is O=C(O)c1ccc2c(=O)n3c(nc2c1)C(=Cc1ccc(Cl)cc1)CC3. The number of allylic oxidation sites excluding steroid dienone is 1. The second-order valence-corrected chi connectivity index (χ2v) is 6.34. The van der Waals surface area contributed by atoms with Crippen LogP contribution in [0.3, 0.4) is 0 Å². The summed E-state index contributed by atoms with van der Waals surface area (Å²) < 4.78 is 1.64. The van der Waals surface area contributed by atoms with Gasteiger partial charge in [0.25, 0.3) is 5.56 Å². The van der Waals surface area contributed by atoms with Gasteiger partial charge in [-0.3, -0.25) is 9.36 Å². The molecule has 1 aromatic heterocycles. The lowest BCUT2D eigenvalue weighted by Gasteiger charge is -2.06. The van der Waals surface area contributed by atoms with Crippen molar-refractivity contribution in [2.45, 2.75) is 13.0 Å². The maximum Gasteiger partial charge on any atom is 0.335 e. The Morgan fingerprint density at radius 2 is 1.96 bits per heavy atom. The third-order valence-electron chi connectivity index (χ3n) is 4.31. The van der Waals surface area contributed by atoms with Crippen LogP contribution in [0.25, 0.3) is 22.6 Å². The van der Waals surface area contributed by atoms with Crippen LogP contribution in [0.5, 0.6) is 0 Å². The average molecular weight is 353 g/mol. The van der Waals surface area contributed by atoms with Crippen molar-refractivity contribution in [1.29, 1.82) is 0 Å². The Balaban J connectivity index is 1.88. The molecule has 0 aliphatic carbocycles. The van der Waals surface area contributed by atoms with Crippen molar-refractivity contribution < 1.29 is 9.90 Å². The van der Waals surface area contributed by atoms with E-state index < -0.39 is 5.97 Å². The molecule has 25 heavy (non-hydrogen) atoms. The molecule has 5 nitrogen and oxygen atoms in total. The summed E-state index contributed by atoms with van der Waals surface area (Å²) in [5.41, 5.74) is 2.30. The molecule has 2 heterocycles. The van der Waals surface area contributed by atoms with Gasteiger partial charge in [-0.15, -0.1) is 0 Å². The second-order valence-electron chi connectivity index (χ2n) is 5.90. The molecular formula is C19H13ClN2O3. The minimum absolute atomic E-state index is 0.116. The van der Waals surface area contributed by atoms with Crippen molar-refractivity contribution >= 4 is 40.1 Å². The Morgan fingerprint density at radius 3 is 2.68 bits per heavy atom. The van der Waals surface area contributed by atoms with Crippen LogP contribution in [0.15, 0.2) is 47.3 Å². The van der Waals surface area contributed by atoms with Crippen LogP contribution < -0.4 is 5.56 Å². The molecule has 0 amide bonds. The molecule has 1 aliphatic heterocycles. The number of nitrogens with zero attached hydrogens (tertiary/aromatic N) is 2. The second kappa shape index (κ2) is 5.86. The molecule has 0 atom stereocenters. The van der Waals surface area contributed by atoms with E-state index in [0.717, 1.165) is 11.1 Å². The van der Waals surface area contributed by atoms with E-state index in [4.69, 9.17) is 16.7 Å². The molecule has 6 heteroatoms. The van der Waals surface area contributed by atoms with Crippen LogP contribution in [0.1, 0.15) is 28.2 Å². The van der Waals surface area contributed by atoms with E-state index in [9.17, 15) is 9.59 Å². The number of aromatic nitrogens is 2. The van der Waals surface area contributed by atoms with Gasteiger partial charge in [-0.25, -0.2) is 9.78 Å². The molecule has 2 aromatic carbocycles. The third kappa shape index (κ3) is 2.72. The summed E-state index contributed by atoms with van der Waals surface area (Å²) in [7, 11) is 0. The van der Waals surface area contributed by atoms with Gasteiger partial charge in [-0.1, -0.05) is 23.7 Å². The Hall–Kier alpha value is -2.92. The van der Waals surface area contributed by atoms with Gasteiger partial charge >= 0.3 is 5.97 Å². The van der Waals surface area contributed by atoms with Crippen molar-refractivity contribution in [1.82, 2.24) is 9.55 Å². The number of aromatic carboxylic acids is 1. The van der Waals surface area contributed by atoms with Crippen LogP contribution in [0.4, 0.5) is 0 Å². The number of rotatable bonds is 2. The van der Waals surface area contributed by atoms with Crippen molar-refractivity contribution in [3.63, 3.8) is 0 Å².